The molecular weight excluding hydrogens is 356 g/mol. The van der Waals surface area contributed by atoms with Crippen LogP contribution in [0.5, 0.6) is 11.5 Å². The van der Waals surface area contributed by atoms with E-state index in [1.807, 2.05) is 12.3 Å². The molecule has 0 spiro atoms. The first kappa shape index (κ1) is 18.5. The topological polar surface area (TPSA) is 76.6 Å². The molecule has 1 aromatic carbocycles. The molecule has 7 nitrogen and oxygen atoms in total. The Morgan fingerprint density at radius 3 is 2.71 bits per heavy atom. The van der Waals surface area contributed by atoms with Gasteiger partial charge in [-0.1, -0.05) is 0 Å². The van der Waals surface area contributed by atoms with E-state index in [0.29, 0.717) is 23.6 Å². The van der Waals surface area contributed by atoms with Crippen molar-refractivity contribution in [2.45, 2.75) is 32.1 Å². The standard InChI is InChI=1S/C21H26N4O3/c1-27-18-8-6-16(12-19(18)28-2)23-20(26)14-5-7-17-15(11-14)13-22-21(24-17)25-9-3-4-10-25/h6,8,12-14H,3-5,7,9-11H2,1-2H3,(H,23,26)/t14-/m1/s1. The Labute approximate surface area is 165 Å². The van der Waals surface area contributed by atoms with Gasteiger partial charge in [0.2, 0.25) is 11.9 Å². The SMILES string of the molecule is COc1ccc(NC(=O)[C@@H]2CCc3nc(N4CCCC4)ncc3C2)cc1OC. The largest absolute Gasteiger partial charge is 0.493 e. The number of amides is 1. The van der Waals surface area contributed by atoms with Gasteiger partial charge in [-0.15, -0.1) is 0 Å². The van der Waals surface area contributed by atoms with E-state index < -0.39 is 0 Å². The summed E-state index contributed by atoms with van der Waals surface area (Å²) in [6, 6.07) is 5.39. The van der Waals surface area contributed by atoms with Crippen molar-refractivity contribution < 1.29 is 14.3 Å². The van der Waals surface area contributed by atoms with Crippen molar-refractivity contribution in [3.8, 4) is 11.5 Å². The molecule has 2 aromatic rings. The van der Waals surface area contributed by atoms with Crippen LogP contribution in [0.4, 0.5) is 11.6 Å². The van der Waals surface area contributed by atoms with Gasteiger partial charge in [0.1, 0.15) is 0 Å². The Hall–Kier alpha value is -2.83. The van der Waals surface area contributed by atoms with Gasteiger partial charge in [0.05, 0.1) is 14.2 Å². The zero-order valence-corrected chi connectivity index (χ0v) is 16.4. The van der Waals surface area contributed by atoms with E-state index >= 15 is 0 Å². The van der Waals surface area contributed by atoms with Crippen LogP contribution in [0.1, 0.15) is 30.5 Å². The highest BCUT2D eigenvalue weighted by Gasteiger charge is 2.27. The summed E-state index contributed by atoms with van der Waals surface area (Å²) in [5.74, 6) is 2.00. The fourth-order valence-corrected chi connectivity index (χ4v) is 3.95. The van der Waals surface area contributed by atoms with Gasteiger partial charge in [-0.2, -0.15) is 0 Å². The van der Waals surface area contributed by atoms with Gasteiger partial charge in [-0.3, -0.25) is 4.79 Å². The smallest absolute Gasteiger partial charge is 0.227 e. The molecule has 148 valence electrons. The van der Waals surface area contributed by atoms with Crippen LogP contribution >= 0.6 is 0 Å². The third-order valence-electron chi connectivity index (χ3n) is 5.55. The molecule has 0 radical (unpaired) electrons. The molecule has 1 aliphatic heterocycles. The van der Waals surface area contributed by atoms with Crippen LogP contribution in [0.2, 0.25) is 0 Å². The van der Waals surface area contributed by atoms with Gasteiger partial charge < -0.3 is 19.7 Å². The van der Waals surface area contributed by atoms with Crippen molar-refractivity contribution in [3.05, 3.63) is 35.7 Å². The van der Waals surface area contributed by atoms with E-state index in [1.54, 1.807) is 26.4 Å². The molecule has 7 heteroatoms. The van der Waals surface area contributed by atoms with Crippen LogP contribution in [-0.2, 0) is 17.6 Å². The molecule has 1 N–H and O–H groups in total. The first-order chi connectivity index (χ1) is 13.7. The number of aromatic nitrogens is 2. The molecule has 1 fully saturated rings. The Morgan fingerprint density at radius 2 is 1.96 bits per heavy atom. The highest BCUT2D eigenvalue weighted by Crippen LogP contribution is 2.31. The van der Waals surface area contributed by atoms with E-state index in [9.17, 15) is 4.79 Å². The zero-order chi connectivity index (χ0) is 19.5. The molecule has 4 rings (SSSR count). The van der Waals surface area contributed by atoms with Gasteiger partial charge in [-0.25, -0.2) is 9.97 Å². The number of carbonyl (C=O) groups is 1. The van der Waals surface area contributed by atoms with Gasteiger partial charge in [0.25, 0.3) is 0 Å². The monoisotopic (exact) mass is 382 g/mol. The van der Waals surface area contributed by atoms with Crippen molar-refractivity contribution in [3.63, 3.8) is 0 Å². The first-order valence-corrected chi connectivity index (χ1v) is 9.80. The molecule has 1 aliphatic carbocycles. The Bertz CT molecular complexity index is 865. The summed E-state index contributed by atoms with van der Waals surface area (Å²) in [5, 5.41) is 3.00. The predicted molar refractivity (Wildman–Crippen MR) is 107 cm³/mol. The van der Waals surface area contributed by atoms with E-state index in [1.165, 1.54) is 12.8 Å². The highest BCUT2D eigenvalue weighted by atomic mass is 16.5. The molecule has 1 amide bonds. The lowest BCUT2D eigenvalue weighted by atomic mass is 9.86. The number of hydrogen-bond donors (Lipinski definition) is 1. The molecule has 1 saturated heterocycles. The normalized spacial score (nSPS) is 18.5. The van der Waals surface area contributed by atoms with E-state index in [-0.39, 0.29) is 11.8 Å². The minimum atomic E-state index is -0.0816. The minimum absolute atomic E-state index is 0.0153. The quantitative estimate of drug-likeness (QED) is 0.857. The average Bonchev–Trinajstić information content (AvgIpc) is 3.27. The van der Waals surface area contributed by atoms with Crippen molar-refractivity contribution in [2.75, 3.05) is 37.5 Å². The number of ether oxygens (including phenoxy) is 2. The number of benzene rings is 1. The number of fused-ring (bicyclic) bond motifs is 1. The summed E-state index contributed by atoms with van der Waals surface area (Å²) in [7, 11) is 3.17. The van der Waals surface area contributed by atoms with E-state index in [0.717, 1.165) is 43.1 Å². The molecule has 1 aromatic heterocycles. The lowest BCUT2D eigenvalue weighted by Gasteiger charge is -2.24. The Morgan fingerprint density at radius 1 is 1.18 bits per heavy atom. The zero-order valence-electron chi connectivity index (χ0n) is 16.4. The number of hydrogen-bond acceptors (Lipinski definition) is 6. The van der Waals surface area contributed by atoms with Crippen LogP contribution in [0, 0.1) is 5.92 Å². The number of carbonyl (C=O) groups excluding carboxylic acids is 1. The third kappa shape index (κ3) is 3.74. The van der Waals surface area contributed by atoms with Crippen LogP contribution < -0.4 is 19.7 Å². The number of methoxy groups -OCH3 is 2. The van der Waals surface area contributed by atoms with Gasteiger partial charge in [0.15, 0.2) is 11.5 Å². The average molecular weight is 382 g/mol. The van der Waals surface area contributed by atoms with Gasteiger partial charge >= 0.3 is 0 Å². The number of nitrogens with zero attached hydrogens (tertiary/aromatic N) is 3. The summed E-state index contributed by atoms with van der Waals surface area (Å²) in [6.07, 6.45) is 6.60. The maximum Gasteiger partial charge on any atom is 0.227 e. The van der Waals surface area contributed by atoms with Crippen LogP contribution in [0.15, 0.2) is 24.4 Å². The Kier molecular flexibility index (Phi) is 5.32. The maximum atomic E-state index is 12.8. The first-order valence-electron chi connectivity index (χ1n) is 9.80. The molecule has 0 unspecified atom stereocenters. The van der Waals surface area contributed by atoms with Crippen molar-refractivity contribution in [2.24, 2.45) is 5.92 Å². The number of anilines is 2. The van der Waals surface area contributed by atoms with Crippen molar-refractivity contribution >= 4 is 17.5 Å². The summed E-state index contributed by atoms with van der Waals surface area (Å²) < 4.78 is 10.5. The molecule has 0 bridgehead atoms. The van der Waals surface area contributed by atoms with Crippen LogP contribution in [0.25, 0.3) is 0 Å². The second kappa shape index (κ2) is 8.04. The fourth-order valence-electron chi connectivity index (χ4n) is 3.95. The number of nitrogens with one attached hydrogen (secondary N) is 1. The molecular formula is C21H26N4O3. The fraction of sp³-hybridized carbons (Fsp3) is 0.476. The molecule has 1 atom stereocenters. The summed E-state index contributed by atoms with van der Waals surface area (Å²) in [5.41, 5.74) is 2.88. The number of aryl methyl sites for hydroxylation is 1. The van der Waals surface area contributed by atoms with Crippen molar-refractivity contribution in [1.82, 2.24) is 9.97 Å². The summed E-state index contributed by atoms with van der Waals surface area (Å²) in [6.45, 7) is 2.07. The predicted octanol–water partition coefficient (Wildman–Crippen LogP) is 2.84. The summed E-state index contributed by atoms with van der Waals surface area (Å²) in [4.78, 5) is 24.3. The van der Waals surface area contributed by atoms with Gasteiger partial charge in [-0.05, 0) is 49.8 Å². The van der Waals surface area contributed by atoms with Crippen molar-refractivity contribution in [1.29, 1.82) is 0 Å². The van der Waals surface area contributed by atoms with Crippen LogP contribution in [-0.4, -0.2) is 43.2 Å². The second-order valence-electron chi connectivity index (χ2n) is 7.33. The Balaban J connectivity index is 1.43. The molecule has 2 aliphatic rings. The second-order valence-corrected chi connectivity index (χ2v) is 7.33. The number of rotatable bonds is 5. The highest BCUT2D eigenvalue weighted by molar-refractivity contribution is 5.93. The maximum absolute atomic E-state index is 12.8. The molecule has 0 saturated carbocycles. The van der Waals surface area contributed by atoms with E-state index in [2.05, 4.69) is 15.2 Å². The lowest BCUT2D eigenvalue weighted by molar-refractivity contribution is -0.120. The molecule has 2 heterocycles. The summed E-state index contributed by atoms with van der Waals surface area (Å²) >= 11 is 0. The molecule has 28 heavy (non-hydrogen) atoms. The third-order valence-corrected chi connectivity index (χ3v) is 5.55. The minimum Gasteiger partial charge on any atom is -0.493 e. The van der Waals surface area contributed by atoms with Crippen LogP contribution in [0.3, 0.4) is 0 Å². The van der Waals surface area contributed by atoms with Gasteiger partial charge in [0, 0.05) is 42.7 Å². The lowest BCUT2D eigenvalue weighted by Crippen LogP contribution is -2.29. The van der Waals surface area contributed by atoms with E-state index in [4.69, 9.17) is 14.5 Å².